The topological polar surface area (TPSA) is 50.2 Å². The van der Waals surface area contributed by atoms with E-state index in [0.29, 0.717) is 6.54 Å². The van der Waals surface area contributed by atoms with Gasteiger partial charge in [0.1, 0.15) is 5.82 Å². The van der Waals surface area contributed by atoms with Crippen LogP contribution in [0.2, 0.25) is 0 Å². The highest BCUT2D eigenvalue weighted by Gasteiger charge is 2.20. The molecule has 31 heavy (non-hydrogen) atoms. The van der Waals surface area contributed by atoms with Gasteiger partial charge in [0.25, 0.3) is 0 Å². The number of pyridine rings is 1. The van der Waals surface area contributed by atoms with Crippen LogP contribution in [0.25, 0.3) is 0 Å². The predicted molar refractivity (Wildman–Crippen MR) is 131 cm³/mol. The van der Waals surface area contributed by atoms with Crippen molar-refractivity contribution in [3.8, 4) is 0 Å². The highest BCUT2D eigenvalue weighted by atomic mass is 32.1. The van der Waals surface area contributed by atoms with Crippen molar-refractivity contribution in [3.05, 3.63) is 41.4 Å². The van der Waals surface area contributed by atoms with Crippen molar-refractivity contribution >= 4 is 28.1 Å². The summed E-state index contributed by atoms with van der Waals surface area (Å²) in [5.41, 5.74) is 1.16. The largest absolute Gasteiger partial charge is 0.360 e. The Morgan fingerprint density at radius 2 is 1.77 bits per heavy atom. The third-order valence-electron chi connectivity index (χ3n) is 6.10. The maximum absolute atomic E-state index is 4.91. The zero-order valence-electron chi connectivity index (χ0n) is 18.8. The summed E-state index contributed by atoms with van der Waals surface area (Å²) in [6.07, 6.45) is 1.99. The van der Waals surface area contributed by atoms with Crippen LogP contribution in [-0.2, 0) is 6.54 Å². The molecule has 2 aromatic rings. The smallest absolute Gasteiger partial charge is 0.194 e. The lowest BCUT2D eigenvalue weighted by atomic mass is 10.2. The van der Waals surface area contributed by atoms with E-state index in [9.17, 15) is 0 Å². The lowest BCUT2D eigenvalue weighted by Gasteiger charge is -2.37. The van der Waals surface area contributed by atoms with Gasteiger partial charge in [-0.15, -0.1) is 11.3 Å². The molecular weight excluding hydrogens is 406 g/mol. The summed E-state index contributed by atoms with van der Waals surface area (Å²) in [5.74, 6) is 2.09. The van der Waals surface area contributed by atoms with Crippen LogP contribution in [0.1, 0.15) is 19.4 Å². The Morgan fingerprint density at radius 1 is 1.00 bits per heavy atom. The van der Waals surface area contributed by atoms with Crippen LogP contribution >= 0.6 is 11.3 Å². The fourth-order valence-electron chi connectivity index (χ4n) is 4.17. The zero-order chi connectivity index (χ0) is 21.5. The number of nitrogens with one attached hydrogen (secondary N) is 1. The van der Waals surface area contributed by atoms with Crippen LogP contribution in [0.15, 0.2) is 40.8 Å². The van der Waals surface area contributed by atoms with E-state index in [-0.39, 0.29) is 0 Å². The summed E-state index contributed by atoms with van der Waals surface area (Å²) < 4.78 is 0. The lowest BCUT2D eigenvalue weighted by Crippen LogP contribution is -2.52. The number of aromatic nitrogens is 1. The van der Waals surface area contributed by atoms with Gasteiger partial charge in [0, 0.05) is 65.1 Å². The van der Waals surface area contributed by atoms with Gasteiger partial charge in [-0.25, -0.2) is 9.98 Å². The average molecular weight is 442 g/mol. The molecule has 2 aliphatic rings. The summed E-state index contributed by atoms with van der Waals surface area (Å²) in [6.45, 7) is 15.4. The molecule has 168 valence electrons. The summed E-state index contributed by atoms with van der Waals surface area (Å²) in [5, 5.41) is 6.99. The number of hydrogen-bond donors (Lipinski definition) is 1. The molecule has 0 saturated carbocycles. The Bertz CT molecular complexity index is 805. The number of guanidine groups is 1. The molecule has 0 bridgehead atoms. The first-order valence-corrected chi connectivity index (χ1v) is 12.4. The molecule has 4 rings (SSSR count). The van der Waals surface area contributed by atoms with Crippen LogP contribution in [0, 0.1) is 0 Å². The van der Waals surface area contributed by atoms with Gasteiger partial charge in [-0.3, -0.25) is 0 Å². The molecule has 2 saturated heterocycles. The predicted octanol–water partition coefficient (Wildman–Crippen LogP) is 2.57. The second kappa shape index (κ2) is 10.8. The molecule has 2 fully saturated rings. The van der Waals surface area contributed by atoms with Crippen LogP contribution in [0.3, 0.4) is 0 Å². The number of likely N-dealkylation sites (N-methyl/N-ethyl adjacent to an activating group) is 1. The Labute approximate surface area is 190 Å². The minimum Gasteiger partial charge on any atom is -0.360 e. The quantitative estimate of drug-likeness (QED) is 0.549. The number of rotatable bonds is 6. The van der Waals surface area contributed by atoms with Gasteiger partial charge in [0.2, 0.25) is 0 Å². The van der Waals surface area contributed by atoms with Crippen molar-refractivity contribution in [1.82, 2.24) is 20.1 Å². The van der Waals surface area contributed by atoms with Crippen molar-refractivity contribution < 1.29 is 0 Å². The molecule has 1 N–H and O–H groups in total. The van der Waals surface area contributed by atoms with Gasteiger partial charge in [0.05, 0.1) is 11.5 Å². The van der Waals surface area contributed by atoms with Gasteiger partial charge < -0.3 is 24.9 Å². The molecule has 7 nitrogen and oxygen atoms in total. The van der Waals surface area contributed by atoms with Crippen molar-refractivity contribution in [2.45, 2.75) is 20.4 Å². The summed E-state index contributed by atoms with van der Waals surface area (Å²) >= 11 is 1.82. The fourth-order valence-corrected chi connectivity index (χ4v) is 4.96. The summed E-state index contributed by atoms with van der Waals surface area (Å²) in [4.78, 5) is 19.4. The van der Waals surface area contributed by atoms with Gasteiger partial charge in [-0.05, 0) is 42.6 Å². The Hall–Kier alpha value is -2.32. The Kier molecular flexibility index (Phi) is 7.64. The minimum absolute atomic E-state index is 0.657. The molecule has 0 amide bonds. The van der Waals surface area contributed by atoms with Crippen molar-refractivity contribution in [3.63, 3.8) is 0 Å². The third kappa shape index (κ3) is 5.68. The highest BCUT2D eigenvalue weighted by molar-refractivity contribution is 7.14. The minimum atomic E-state index is 0.657. The van der Waals surface area contributed by atoms with Gasteiger partial charge in [0.15, 0.2) is 5.96 Å². The number of thiophene rings is 1. The second-order valence-corrected chi connectivity index (χ2v) is 8.97. The van der Waals surface area contributed by atoms with E-state index in [2.05, 4.69) is 68.4 Å². The normalized spacial score (nSPS) is 18.5. The van der Waals surface area contributed by atoms with Crippen molar-refractivity contribution in [1.29, 1.82) is 0 Å². The zero-order valence-corrected chi connectivity index (χ0v) is 19.7. The summed E-state index contributed by atoms with van der Waals surface area (Å²) in [6, 6.07) is 8.66. The third-order valence-corrected chi connectivity index (χ3v) is 7.02. The lowest BCUT2D eigenvalue weighted by molar-refractivity contribution is 0.270. The van der Waals surface area contributed by atoms with Gasteiger partial charge in [-0.2, -0.15) is 0 Å². The molecule has 2 aromatic heterocycles. The Morgan fingerprint density at radius 3 is 2.39 bits per heavy atom. The molecule has 0 aromatic carbocycles. The highest BCUT2D eigenvalue weighted by Crippen LogP contribution is 2.22. The molecule has 0 radical (unpaired) electrons. The fraction of sp³-hybridized carbons (Fsp3) is 0.565. The number of hydrogen-bond acceptors (Lipinski definition) is 6. The van der Waals surface area contributed by atoms with Crippen LogP contribution in [0.4, 0.5) is 10.8 Å². The first-order valence-electron chi connectivity index (χ1n) is 11.5. The van der Waals surface area contributed by atoms with Crippen molar-refractivity contribution in [2.24, 2.45) is 4.99 Å². The maximum atomic E-state index is 4.91. The standard InChI is InChI=1S/C23H35N7S/c1-3-24-23(30-15-13-29(14-16-30)22-6-5-17-31-22)26-19-20-7-8-21(25-18-20)28-11-9-27(4-2)10-12-28/h5-8,17-18H,3-4,9-16,19H2,1-2H3,(H,24,26). The molecule has 0 unspecified atom stereocenters. The van der Waals surface area contributed by atoms with E-state index in [1.807, 2.05) is 17.5 Å². The van der Waals surface area contributed by atoms with E-state index in [4.69, 9.17) is 9.98 Å². The monoisotopic (exact) mass is 441 g/mol. The summed E-state index contributed by atoms with van der Waals surface area (Å²) in [7, 11) is 0. The molecule has 4 heterocycles. The van der Waals surface area contributed by atoms with Gasteiger partial charge >= 0.3 is 0 Å². The van der Waals surface area contributed by atoms with Crippen molar-refractivity contribution in [2.75, 3.05) is 75.2 Å². The number of nitrogens with zero attached hydrogens (tertiary/aromatic N) is 6. The van der Waals surface area contributed by atoms with E-state index in [1.54, 1.807) is 0 Å². The van der Waals surface area contributed by atoms with Crippen LogP contribution in [-0.4, -0.2) is 86.2 Å². The number of aliphatic imine (C=N–C) groups is 1. The van der Waals surface area contributed by atoms with E-state index in [0.717, 1.165) is 82.8 Å². The molecule has 2 aliphatic heterocycles. The maximum Gasteiger partial charge on any atom is 0.194 e. The van der Waals surface area contributed by atoms with E-state index < -0.39 is 0 Å². The number of anilines is 2. The van der Waals surface area contributed by atoms with E-state index >= 15 is 0 Å². The second-order valence-electron chi connectivity index (χ2n) is 8.04. The molecule has 0 spiro atoms. The Balaban J connectivity index is 1.32. The number of piperazine rings is 2. The SMILES string of the molecule is CCNC(=NCc1ccc(N2CCN(CC)CC2)nc1)N1CCN(c2cccs2)CC1. The first kappa shape index (κ1) is 21.9. The van der Waals surface area contributed by atoms with Gasteiger partial charge in [-0.1, -0.05) is 13.0 Å². The van der Waals surface area contributed by atoms with E-state index in [1.165, 1.54) is 5.00 Å². The molecule has 0 atom stereocenters. The molecular formula is C23H35N7S. The molecule has 0 aliphatic carbocycles. The van der Waals surface area contributed by atoms with Crippen LogP contribution < -0.4 is 15.1 Å². The average Bonchev–Trinajstić information content (AvgIpc) is 3.37. The van der Waals surface area contributed by atoms with Crippen LogP contribution in [0.5, 0.6) is 0 Å². The molecule has 8 heteroatoms. The first-order chi connectivity index (χ1) is 15.3.